The summed E-state index contributed by atoms with van der Waals surface area (Å²) in [6, 6.07) is -0.270. The van der Waals surface area contributed by atoms with Gasteiger partial charge in [0.15, 0.2) is 5.69 Å². The van der Waals surface area contributed by atoms with Gasteiger partial charge in [0, 0.05) is 13.1 Å². The molecule has 5 nitrogen and oxygen atoms in total. The zero-order chi connectivity index (χ0) is 15.1. The number of carboxylic acids is 1. The largest absolute Gasteiger partial charge is 0.475 e. The maximum atomic E-state index is 12.7. The lowest BCUT2D eigenvalue weighted by atomic mass is 9.92. The fourth-order valence-corrected chi connectivity index (χ4v) is 2.60. The van der Waals surface area contributed by atoms with Crippen LogP contribution in [0.15, 0.2) is 4.42 Å². The van der Waals surface area contributed by atoms with Crippen LogP contribution in [0.2, 0.25) is 0 Å². The lowest BCUT2D eigenvalue weighted by Crippen LogP contribution is -2.38. The molecule has 0 spiro atoms. The predicted octanol–water partition coefficient (Wildman–Crippen LogP) is 2.87. The van der Waals surface area contributed by atoms with E-state index in [-0.39, 0.29) is 17.9 Å². The third-order valence-electron chi connectivity index (χ3n) is 3.22. The average Bonchev–Trinajstić information content (AvgIpc) is 2.71. The van der Waals surface area contributed by atoms with E-state index in [9.17, 15) is 18.0 Å². The third kappa shape index (κ3) is 2.88. The minimum atomic E-state index is -4.84. The van der Waals surface area contributed by atoms with Gasteiger partial charge >= 0.3 is 12.1 Å². The first-order valence-electron chi connectivity index (χ1n) is 6.24. The van der Waals surface area contributed by atoms with Crippen molar-refractivity contribution in [2.75, 3.05) is 18.0 Å². The highest BCUT2D eigenvalue weighted by molar-refractivity contribution is 5.86. The van der Waals surface area contributed by atoms with E-state index in [0.29, 0.717) is 13.1 Å². The van der Waals surface area contributed by atoms with Crippen molar-refractivity contribution >= 4 is 12.0 Å². The Balaban J connectivity index is 2.36. The highest BCUT2D eigenvalue weighted by Gasteiger charge is 2.42. The van der Waals surface area contributed by atoms with Crippen LogP contribution in [0.4, 0.5) is 19.2 Å². The van der Waals surface area contributed by atoms with E-state index >= 15 is 0 Å². The molecule has 0 radical (unpaired) electrons. The van der Waals surface area contributed by atoms with Gasteiger partial charge < -0.3 is 14.4 Å². The molecule has 0 aliphatic carbocycles. The van der Waals surface area contributed by atoms with Gasteiger partial charge in [-0.2, -0.15) is 18.2 Å². The Hall–Kier alpha value is -1.73. The fraction of sp³-hybridized carbons (Fsp3) is 0.667. The minimum Gasteiger partial charge on any atom is -0.475 e. The maximum Gasteiger partial charge on any atom is 0.437 e. The van der Waals surface area contributed by atoms with E-state index in [2.05, 4.69) is 4.98 Å². The molecule has 1 aliphatic heterocycles. The number of rotatable bonds is 2. The molecule has 2 rings (SSSR count). The fourth-order valence-electron chi connectivity index (χ4n) is 2.60. The van der Waals surface area contributed by atoms with Crippen LogP contribution >= 0.6 is 0 Å². The standard InChI is InChI=1S/C12H15F3N2O3/c1-6-3-7(2)5-17(4-6)11-16-9(12(13,14)15)8(20-11)10(18)19/h6-7H,3-5H2,1-2H3,(H,18,19). The van der Waals surface area contributed by atoms with Gasteiger partial charge in [0.1, 0.15) is 0 Å². The van der Waals surface area contributed by atoms with E-state index < -0.39 is 23.6 Å². The van der Waals surface area contributed by atoms with Gasteiger partial charge in [0.25, 0.3) is 6.01 Å². The van der Waals surface area contributed by atoms with Crippen molar-refractivity contribution in [1.82, 2.24) is 4.98 Å². The molecule has 1 fully saturated rings. The quantitative estimate of drug-likeness (QED) is 0.908. The summed E-state index contributed by atoms with van der Waals surface area (Å²) in [7, 11) is 0. The van der Waals surface area contributed by atoms with Crippen LogP contribution in [0.1, 0.15) is 36.5 Å². The topological polar surface area (TPSA) is 66.6 Å². The molecule has 1 aromatic heterocycles. The number of carboxylic acid groups (broad SMARTS) is 1. The summed E-state index contributed by atoms with van der Waals surface area (Å²) in [5.74, 6) is -2.35. The summed E-state index contributed by atoms with van der Waals surface area (Å²) >= 11 is 0. The van der Waals surface area contributed by atoms with Gasteiger partial charge in [-0.1, -0.05) is 13.8 Å². The number of aromatic nitrogens is 1. The predicted molar refractivity (Wildman–Crippen MR) is 63.6 cm³/mol. The smallest absolute Gasteiger partial charge is 0.437 e. The molecule has 8 heteroatoms. The molecule has 0 saturated carbocycles. The van der Waals surface area contributed by atoms with Gasteiger partial charge in [-0.15, -0.1) is 0 Å². The second-order valence-electron chi connectivity index (χ2n) is 5.33. The summed E-state index contributed by atoms with van der Waals surface area (Å²) < 4.78 is 43.0. The lowest BCUT2D eigenvalue weighted by Gasteiger charge is -2.33. The first-order chi connectivity index (χ1) is 9.18. The molecular formula is C12H15F3N2O3. The normalized spacial score (nSPS) is 23.9. The van der Waals surface area contributed by atoms with Crippen molar-refractivity contribution in [3.8, 4) is 0 Å². The van der Waals surface area contributed by atoms with E-state index in [1.165, 1.54) is 0 Å². The average molecular weight is 292 g/mol. The van der Waals surface area contributed by atoms with Crippen molar-refractivity contribution in [3.63, 3.8) is 0 Å². The zero-order valence-corrected chi connectivity index (χ0v) is 11.1. The molecule has 2 unspecified atom stereocenters. The molecule has 20 heavy (non-hydrogen) atoms. The summed E-state index contributed by atoms with van der Waals surface area (Å²) in [6.45, 7) is 4.96. The third-order valence-corrected chi connectivity index (χ3v) is 3.22. The molecule has 0 amide bonds. The highest BCUT2D eigenvalue weighted by Crippen LogP contribution is 2.35. The van der Waals surface area contributed by atoms with Crippen LogP contribution in [-0.2, 0) is 6.18 Å². The monoisotopic (exact) mass is 292 g/mol. The van der Waals surface area contributed by atoms with Crippen LogP contribution in [0.25, 0.3) is 0 Å². The Labute approximate surface area is 113 Å². The Morgan fingerprint density at radius 3 is 2.30 bits per heavy atom. The van der Waals surface area contributed by atoms with Crippen LogP contribution in [-0.4, -0.2) is 29.1 Å². The molecule has 2 atom stereocenters. The summed E-state index contributed by atoms with van der Waals surface area (Å²) in [6.07, 6.45) is -3.88. The Kier molecular flexibility index (Phi) is 3.66. The Bertz CT molecular complexity index is 503. The molecule has 1 saturated heterocycles. The van der Waals surface area contributed by atoms with Crippen LogP contribution in [0, 0.1) is 11.8 Å². The molecule has 1 N–H and O–H groups in total. The van der Waals surface area contributed by atoms with Crippen LogP contribution in [0.3, 0.4) is 0 Å². The summed E-state index contributed by atoms with van der Waals surface area (Å²) in [5.41, 5.74) is -1.48. The second-order valence-corrected chi connectivity index (χ2v) is 5.33. The molecule has 1 aliphatic rings. The van der Waals surface area contributed by atoms with E-state index in [1.807, 2.05) is 13.8 Å². The first kappa shape index (κ1) is 14.7. The minimum absolute atomic E-state index is 0.270. The van der Waals surface area contributed by atoms with Crippen molar-refractivity contribution in [1.29, 1.82) is 0 Å². The number of piperidine rings is 1. The van der Waals surface area contributed by atoms with Crippen molar-refractivity contribution in [3.05, 3.63) is 11.5 Å². The number of hydrogen-bond acceptors (Lipinski definition) is 4. The molecule has 0 aromatic carbocycles. The summed E-state index contributed by atoms with van der Waals surface area (Å²) in [5, 5.41) is 8.79. The van der Waals surface area contributed by atoms with Gasteiger partial charge in [-0.3, -0.25) is 0 Å². The maximum absolute atomic E-state index is 12.7. The zero-order valence-electron chi connectivity index (χ0n) is 11.1. The van der Waals surface area contributed by atoms with Gasteiger partial charge in [-0.05, 0) is 18.3 Å². The van der Waals surface area contributed by atoms with Crippen molar-refractivity contribution in [2.45, 2.75) is 26.4 Å². The van der Waals surface area contributed by atoms with Gasteiger partial charge in [-0.25, -0.2) is 4.79 Å². The van der Waals surface area contributed by atoms with E-state index in [1.54, 1.807) is 4.90 Å². The Morgan fingerprint density at radius 1 is 1.35 bits per heavy atom. The number of aromatic carboxylic acids is 1. The van der Waals surface area contributed by atoms with Crippen molar-refractivity contribution < 1.29 is 27.5 Å². The molecule has 1 aromatic rings. The first-order valence-corrected chi connectivity index (χ1v) is 6.24. The van der Waals surface area contributed by atoms with Crippen LogP contribution in [0.5, 0.6) is 0 Å². The SMILES string of the molecule is CC1CC(C)CN(c2nc(C(F)(F)F)c(C(=O)O)o2)C1. The van der Waals surface area contributed by atoms with Gasteiger partial charge in [0.2, 0.25) is 5.76 Å². The number of alkyl halides is 3. The number of nitrogens with zero attached hydrogens (tertiary/aromatic N) is 2. The molecule has 112 valence electrons. The number of hydrogen-bond donors (Lipinski definition) is 1. The number of halogens is 3. The van der Waals surface area contributed by atoms with Crippen molar-refractivity contribution in [2.24, 2.45) is 11.8 Å². The van der Waals surface area contributed by atoms with E-state index in [4.69, 9.17) is 9.52 Å². The number of oxazole rings is 1. The summed E-state index contributed by atoms with van der Waals surface area (Å²) in [4.78, 5) is 15.8. The van der Waals surface area contributed by atoms with E-state index in [0.717, 1.165) is 6.42 Å². The second kappa shape index (κ2) is 4.99. The van der Waals surface area contributed by atoms with Crippen LogP contribution < -0.4 is 4.90 Å². The number of anilines is 1. The molecular weight excluding hydrogens is 277 g/mol. The molecule has 2 heterocycles. The lowest BCUT2D eigenvalue weighted by molar-refractivity contribution is -0.141. The highest BCUT2D eigenvalue weighted by atomic mass is 19.4. The number of carbonyl (C=O) groups is 1. The molecule has 0 bridgehead atoms. The Morgan fingerprint density at radius 2 is 1.90 bits per heavy atom. The van der Waals surface area contributed by atoms with Gasteiger partial charge in [0.05, 0.1) is 0 Å².